The van der Waals surface area contributed by atoms with Crippen LogP contribution in [0.3, 0.4) is 0 Å². The molecule has 0 heterocycles. The van der Waals surface area contributed by atoms with E-state index in [9.17, 15) is 20.4 Å². The number of benzene rings is 2. The third-order valence-corrected chi connectivity index (χ3v) is 3.18. The average molecular weight is 260 g/mol. The van der Waals surface area contributed by atoms with Crippen LogP contribution in [0.25, 0.3) is 0 Å². The van der Waals surface area contributed by atoms with Crippen LogP contribution >= 0.6 is 0 Å². The molecule has 0 saturated carbocycles. The van der Waals surface area contributed by atoms with Crippen LogP contribution in [0.15, 0.2) is 24.3 Å². The van der Waals surface area contributed by atoms with E-state index in [1.807, 2.05) is 0 Å². The number of phenols is 4. The fraction of sp³-hybridized carbons (Fsp3) is 0.200. The first kappa shape index (κ1) is 13.1. The molecule has 0 amide bonds. The van der Waals surface area contributed by atoms with Crippen molar-refractivity contribution in [1.82, 2.24) is 0 Å². The minimum Gasteiger partial charge on any atom is -0.508 e. The van der Waals surface area contributed by atoms with Gasteiger partial charge < -0.3 is 20.4 Å². The summed E-state index contributed by atoms with van der Waals surface area (Å²) >= 11 is 0. The van der Waals surface area contributed by atoms with Crippen molar-refractivity contribution in [3.63, 3.8) is 0 Å². The Balaban J connectivity index is 2.42. The zero-order chi connectivity index (χ0) is 14.2. The molecule has 2 aromatic rings. The summed E-state index contributed by atoms with van der Waals surface area (Å²) in [4.78, 5) is 0. The summed E-state index contributed by atoms with van der Waals surface area (Å²) in [6.07, 6.45) is 0.222. The Morgan fingerprint density at radius 1 is 0.632 bits per heavy atom. The molecule has 0 aromatic heterocycles. The number of hydrogen-bond acceptors (Lipinski definition) is 4. The molecule has 4 nitrogen and oxygen atoms in total. The first-order valence-corrected chi connectivity index (χ1v) is 5.91. The van der Waals surface area contributed by atoms with Gasteiger partial charge in [-0.25, -0.2) is 0 Å². The van der Waals surface area contributed by atoms with Gasteiger partial charge >= 0.3 is 0 Å². The molecule has 0 spiro atoms. The van der Waals surface area contributed by atoms with E-state index in [2.05, 4.69) is 0 Å². The Morgan fingerprint density at radius 3 is 1.37 bits per heavy atom. The van der Waals surface area contributed by atoms with Gasteiger partial charge in [-0.3, -0.25) is 0 Å². The number of aryl methyl sites for hydroxylation is 2. The van der Waals surface area contributed by atoms with Crippen LogP contribution in [0.5, 0.6) is 23.0 Å². The fourth-order valence-electron chi connectivity index (χ4n) is 1.94. The largest absolute Gasteiger partial charge is 0.508 e. The minimum atomic E-state index is 0.0507. The van der Waals surface area contributed by atoms with Gasteiger partial charge in [0.2, 0.25) is 0 Å². The van der Waals surface area contributed by atoms with Crippen LogP contribution in [0.2, 0.25) is 0 Å². The van der Waals surface area contributed by atoms with E-state index in [0.717, 1.165) is 0 Å². The second-order valence-electron chi connectivity index (χ2n) is 4.71. The SMILES string of the molecule is Cc1cc(O)c(Cc2cc(O)c(C)cc2O)cc1O. The third-order valence-electron chi connectivity index (χ3n) is 3.18. The topological polar surface area (TPSA) is 80.9 Å². The lowest BCUT2D eigenvalue weighted by molar-refractivity contribution is 0.446. The second kappa shape index (κ2) is 4.72. The first-order chi connectivity index (χ1) is 8.88. The normalized spacial score (nSPS) is 10.6. The molecular formula is C15H16O4. The van der Waals surface area contributed by atoms with E-state index in [-0.39, 0.29) is 29.4 Å². The number of aromatic hydroxyl groups is 4. The van der Waals surface area contributed by atoms with Crippen molar-refractivity contribution >= 4 is 0 Å². The van der Waals surface area contributed by atoms with Gasteiger partial charge in [-0.1, -0.05) is 0 Å². The quantitative estimate of drug-likeness (QED) is 0.626. The Bertz CT molecular complexity index is 577. The smallest absolute Gasteiger partial charge is 0.119 e. The Kier molecular flexibility index (Phi) is 3.25. The molecule has 0 bridgehead atoms. The van der Waals surface area contributed by atoms with E-state index in [0.29, 0.717) is 22.3 Å². The predicted molar refractivity (Wildman–Crippen MR) is 71.8 cm³/mol. The third kappa shape index (κ3) is 2.57. The number of rotatable bonds is 2. The maximum absolute atomic E-state index is 9.84. The highest BCUT2D eigenvalue weighted by Gasteiger charge is 2.11. The van der Waals surface area contributed by atoms with E-state index in [4.69, 9.17) is 0 Å². The summed E-state index contributed by atoms with van der Waals surface area (Å²) < 4.78 is 0. The highest BCUT2D eigenvalue weighted by Crippen LogP contribution is 2.33. The molecule has 0 aliphatic rings. The highest BCUT2D eigenvalue weighted by atomic mass is 16.3. The highest BCUT2D eigenvalue weighted by molar-refractivity contribution is 5.50. The van der Waals surface area contributed by atoms with Gasteiger partial charge in [-0.2, -0.15) is 0 Å². The van der Waals surface area contributed by atoms with Crippen LogP contribution in [-0.4, -0.2) is 20.4 Å². The van der Waals surface area contributed by atoms with Crippen LogP contribution in [0, 0.1) is 13.8 Å². The molecule has 0 unspecified atom stereocenters. The lowest BCUT2D eigenvalue weighted by atomic mass is 10.00. The standard InChI is InChI=1S/C15H16O4/c1-8-3-14(18)10(6-12(8)16)5-11-7-13(17)9(2)4-15(11)19/h3-4,6-7,16-19H,5H2,1-2H3. The van der Waals surface area contributed by atoms with Crippen molar-refractivity contribution in [3.05, 3.63) is 46.5 Å². The van der Waals surface area contributed by atoms with Crippen LogP contribution in [0.4, 0.5) is 0 Å². The summed E-state index contributed by atoms with van der Waals surface area (Å²) in [6, 6.07) is 5.85. The molecule has 100 valence electrons. The minimum absolute atomic E-state index is 0.0507. The molecule has 0 atom stereocenters. The molecule has 19 heavy (non-hydrogen) atoms. The van der Waals surface area contributed by atoms with Crippen molar-refractivity contribution < 1.29 is 20.4 Å². The number of phenolic OH excluding ortho intramolecular Hbond substituents is 4. The molecule has 0 saturated heterocycles. The van der Waals surface area contributed by atoms with Gasteiger partial charge in [0, 0.05) is 17.5 Å². The van der Waals surface area contributed by atoms with Crippen molar-refractivity contribution in [3.8, 4) is 23.0 Å². The molecule has 2 aromatic carbocycles. The molecule has 4 N–H and O–H groups in total. The zero-order valence-electron chi connectivity index (χ0n) is 10.8. The van der Waals surface area contributed by atoms with Crippen molar-refractivity contribution in [2.45, 2.75) is 20.3 Å². The Labute approximate surface area is 111 Å². The molecule has 2 rings (SSSR count). The summed E-state index contributed by atoms with van der Waals surface area (Å²) in [7, 11) is 0. The molecule has 0 fully saturated rings. The lowest BCUT2D eigenvalue weighted by Crippen LogP contribution is -1.92. The maximum Gasteiger partial charge on any atom is 0.119 e. The van der Waals surface area contributed by atoms with Crippen LogP contribution in [0.1, 0.15) is 22.3 Å². The van der Waals surface area contributed by atoms with Crippen LogP contribution in [-0.2, 0) is 6.42 Å². The first-order valence-electron chi connectivity index (χ1n) is 5.91. The van der Waals surface area contributed by atoms with Gasteiger partial charge in [0.1, 0.15) is 23.0 Å². The molecule has 0 radical (unpaired) electrons. The lowest BCUT2D eigenvalue weighted by Gasteiger charge is -2.10. The van der Waals surface area contributed by atoms with E-state index in [1.54, 1.807) is 13.8 Å². The van der Waals surface area contributed by atoms with Crippen molar-refractivity contribution in [1.29, 1.82) is 0 Å². The summed E-state index contributed by atoms with van der Waals surface area (Å²) in [5.74, 6) is 0.275. The molecule has 4 heteroatoms. The molecule has 0 aliphatic carbocycles. The molecular weight excluding hydrogens is 244 g/mol. The van der Waals surface area contributed by atoms with Gasteiger partial charge in [-0.15, -0.1) is 0 Å². The summed E-state index contributed by atoms with van der Waals surface area (Å²) in [6.45, 7) is 3.38. The average Bonchev–Trinajstić information content (AvgIpc) is 2.32. The Morgan fingerprint density at radius 2 is 1.00 bits per heavy atom. The van der Waals surface area contributed by atoms with Gasteiger partial charge in [0.15, 0.2) is 0 Å². The van der Waals surface area contributed by atoms with Crippen LogP contribution < -0.4 is 0 Å². The van der Waals surface area contributed by atoms with Gasteiger partial charge in [0.05, 0.1) is 0 Å². The molecule has 0 aliphatic heterocycles. The van der Waals surface area contributed by atoms with E-state index < -0.39 is 0 Å². The van der Waals surface area contributed by atoms with E-state index in [1.165, 1.54) is 24.3 Å². The fourth-order valence-corrected chi connectivity index (χ4v) is 1.94. The summed E-state index contributed by atoms with van der Waals surface area (Å²) in [5.41, 5.74) is 2.14. The Hall–Kier alpha value is -2.36. The monoisotopic (exact) mass is 260 g/mol. The summed E-state index contributed by atoms with van der Waals surface area (Å²) in [5, 5.41) is 39.0. The second-order valence-corrected chi connectivity index (χ2v) is 4.71. The maximum atomic E-state index is 9.84. The van der Waals surface area contributed by atoms with Gasteiger partial charge in [0.25, 0.3) is 0 Å². The van der Waals surface area contributed by atoms with E-state index >= 15 is 0 Å². The van der Waals surface area contributed by atoms with Crippen molar-refractivity contribution in [2.24, 2.45) is 0 Å². The van der Waals surface area contributed by atoms with Crippen molar-refractivity contribution in [2.75, 3.05) is 0 Å². The van der Waals surface area contributed by atoms with Gasteiger partial charge in [-0.05, 0) is 49.2 Å². The zero-order valence-corrected chi connectivity index (χ0v) is 10.8. The predicted octanol–water partition coefficient (Wildman–Crippen LogP) is 2.72. The number of hydrogen-bond donors (Lipinski definition) is 4.